The molecule has 0 amide bonds. The fourth-order valence-electron chi connectivity index (χ4n) is 3.25. The number of imidazole rings is 1. The van der Waals surface area contributed by atoms with Gasteiger partial charge in [0.05, 0.1) is 21.3 Å². The summed E-state index contributed by atoms with van der Waals surface area (Å²) in [6.07, 6.45) is 3.59. The van der Waals surface area contributed by atoms with E-state index in [1.165, 1.54) is 11.6 Å². The van der Waals surface area contributed by atoms with Gasteiger partial charge in [-0.25, -0.2) is 9.78 Å². The number of hydrogen-bond donors (Lipinski definition) is 0. The smallest absolute Gasteiger partial charge is 0.332 e. The minimum Gasteiger partial charge on any atom is -0.493 e. The summed E-state index contributed by atoms with van der Waals surface area (Å²) in [4.78, 5) is 29.5. The molecule has 154 valence electrons. The van der Waals surface area contributed by atoms with E-state index in [4.69, 9.17) is 14.2 Å². The Kier molecular flexibility index (Phi) is 5.49. The van der Waals surface area contributed by atoms with E-state index in [0.717, 1.165) is 10.1 Å². The van der Waals surface area contributed by atoms with Crippen molar-refractivity contribution in [2.24, 2.45) is 14.1 Å². The van der Waals surface area contributed by atoms with Crippen molar-refractivity contribution in [3.63, 3.8) is 0 Å². The van der Waals surface area contributed by atoms with Crippen molar-refractivity contribution in [3.05, 3.63) is 44.4 Å². The minimum absolute atomic E-state index is 0.368. The van der Waals surface area contributed by atoms with Crippen LogP contribution in [0.5, 0.6) is 17.2 Å². The van der Waals surface area contributed by atoms with E-state index < -0.39 is 0 Å². The summed E-state index contributed by atoms with van der Waals surface area (Å²) in [6.45, 7) is 2.25. The molecule has 2 aromatic heterocycles. The zero-order chi connectivity index (χ0) is 21.3. The van der Waals surface area contributed by atoms with Gasteiger partial charge in [0, 0.05) is 20.6 Å². The number of benzene rings is 1. The van der Waals surface area contributed by atoms with Gasteiger partial charge in [-0.05, 0) is 30.7 Å². The van der Waals surface area contributed by atoms with Crippen molar-refractivity contribution < 1.29 is 14.2 Å². The molecule has 29 heavy (non-hydrogen) atoms. The lowest BCUT2D eigenvalue weighted by Crippen LogP contribution is -2.38. The molecule has 0 aliphatic rings. The second-order valence-corrected chi connectivity index (χ2v) is 6.38. The SMILES string of the molecule is CCn1c(=O)n(C)c(=O)c2c1nc(/C=C/c1cc(OC)c(OC)c(OC)c1)n2C. The predicted molar refractivity (Wildman–Crippen MR) is 111 cm³/mol. The third-order valence-electron chi connectivity index (χ3n) is 4.82. The van der Waals surface area contributed by atoms with Crippen LogP contribution in [0.4, 0.5) is 0 Å². The fourth-order valence-corrected chi connectivity index (χ4v) is 3.25. The van der Waals surface area contributed by atoms with E-state index >= 15 is 0 Å². The first-order chi connectivity index (χ1) is 13.9. The average Bonchev–Trinajstić information content (AvgIpc) is 3.06. The molecule has 0 spiro atoms. The molecule has 0 aliphatic carbocycles. The van der Waals surface area contributed by atoms with Crippen molar-refractivity contribution >= 4 is 23.3 Å². The van der Waals surface area contributed by atoms with E-state index in [9.17, 15) is 9.59 Å². The van der Waals surface area contributed by atoms with E-state index in [0.29, 0.717) is 40.8 Å². The molecule has 2 heterocycles. The summed E-state index contributed by atoms with van der Waals surface area (Å²) in [7, 11) is 7.86. The van der Waals surface area contributed by atoms with Gasteiger partial charge in [-0.3, -0.25) is 13.9 Å². The van der Waals surface area contributed by atoms with Crippen molar-refractivity contribution in [1.82, 2.24) is 18.7 Å². The Labute approximate surface area is 167 Å². The monoisotopic (exact) mass is 400 g/mol. The van der Waals surface area contributed by atoms with Crippen LogP contribution in [0.2, 0.25) is 0 Å². The molecule has 0 radical (unpaired) electrons. The van der Waals surface area contributed by atoms with Crippen LogP contribution in [0.25, 0.3) is 23.3 Å². The summed E-state index contributed by atoms with van der Waals surface area (Å²) >= 11 is 0. The number of aryl methyl sites for hydroxylation is 2. The first kappa shape index (κ1) is 20.2. The number of aromatic nitrogens is 4. The van der Waals surface area contributed by atoms with Crippen LogP contribution in [-0.4, -0.2) is 40.0 Å². The predicted octanol–water partition coefficient (Wildman–Crippen LogP) is 1.65. The molecule has 1 aromatic carbocycles. The third kappa shape index (κ3) is 3.28. The summed E-state index contributed by atoms with van der Waals surface area (Å²) in [6, 6.07) is 3.61. The summed E-state index contributed by atoms with van der Waals surface area (Å²) < 4.78 is 20.3. The summed E-state index contributed by atoms with van der Waals surface area (Å²) in [5.74, 6) is 2.11. The van der Waals surface area contributed by atoms with E-state index in [1.54, 1.807) is 39.0 Å². The summed E-state index contributed by atoms with van der Waals surface area (Å²) in [5, 5.41) is 0. The number of ether oxygens (including phenoxy) is 3. The van der Waals surface area contributed by atoms with Crippen LogP contribution >= 0.6 is 0 Å². The Bertz CT molecular complexity index is 1190. The highest BCUT2D eigenvalue weighted by molar-refractivity contribution is 5.77. The highest BCUT2D eigenvalue weighted by Crippen LogP contribution is 2.38. The Morgan fingerprint density at radius 1 is 0.966 bits per heavy atom. The van der Waals surface area contributed by atoms with Gasteiger partial charge in [0.15, 0.2) is 22.7 Å². The van der Waals surface area contributed by atoms with Gasteiger partial charge < -0.3 is 18.8 Å². The van der Waals surface area contributed by atoms with Gasteiger partial charge in [-0.15, -0.1) is 0 Å². The second kappa shape index (κ2) is 7.86. The molecule has 0 aliphatic heterocycles. The van der Waals surface area contributed by atoms with Gasteiger partial charge in [-0.1, -0.05) is 6.08 Å². The summed E-state index contributed by atoms with van der Waals surface area (Å²) in [5.41, 5.74) is 0.777. The molecule has 3 rings (SSSR count). The quantitative estimate of drug-likeness (QED) is 0.625. The van der Waals surface area contributed by atoms with Gasteiger partial charge in [0.2, 0.25) is 5.75 Å². The first-order valence-corrected chi connectivity index (χ1v) is 9.02. The van der Waals surface area contributed by atoms with E-state index in [2.05, 4.69) is 4.98 Å². The van der Waals surface area contributed by atoms with Crippen LogP contribution in [0, 0.1) is 0 Å². The number of methoxy groups -OCH3 is 3. The second-order valence-electron chi connectivity index (χ2n) is 6.38. The molecule has 9 heteroatoms. The number of hydrogen-bond acceptors (Lipinski definition) is 6. The number of nitrogens with zero attached hydrogens (tertiary/aromatic N) is 4. The molecular weight excluding hydrogens is 376 g/mol. The first-order valence-electron chi connectivity index (χ1n) is 9.02. The van der Waals surface area contributed by atoms with Crippen molar-refractivity contribution in [1.29, 1.82) is 0 Å². The van der Waals surface area contributed by atoms with E-state index in [1.807, 2.05) is 25.1 Å². The third-order valence-corrected chi connectivity index (χ3v) is 4.82. The number of fused-ring (bicyclic) bond motifs is 1. The van der Waals surface area contributed by atoms with Crippen molar-refractivity contribution in [2.75, 3.05) is 21.3 Å². The van der Waals surface area contributed by atoms with Gasteiger partial charge in [-0.2, -0.15) is 0 Å². The van der Waals surface area contributed by atoms with Crippen molar-refractivity contribution in [2.45, 2.75) is 13.5 Å². The fraction of sp³-hybridized carbons (Fsp3) is 0.350. The molecule has 0 saturated heterocycles. The molecule has 0 saturated carbocycles. The molecule has 0 atom stereocenters. The molecule has 9 nitrogen and oxygen atoms in total. The van der Waals surface area contributed by atoms with Crippen LogP contribution in [-0.2, 0) is 20.6 Å². The maximum atomic E-state index is 12.6. The highest BCUT2D eigenvalue weighted by atomic mass is 16.5. The Morgan fingerprint density at radius 2 is 1.59 bits per heavy atom. The largest absolute Gasteiger partial charge is 0.493 e. The Balaban J connectivity index is 2.15. The molecule has 0 fully saturated rings. The zero-order valence-corrected chi connectivity index (χ0v) is 17.3. The van der Waals surface area contributed by atoms with Crippen LogP contribution in [0.1, 0.15) is 18.3 Å². The topological polar surface area (TPSA) is 89.5 Å². The zero-order valence-electron chi connectivity index (χ0n) is 17.3. The van der Waals surface area contributed by atoms with Gasteiger partial charge >= 0.3 is 5.69 Å². The molecule has 0 N–H and O–H groups in total. The van der Waals surface area contributed by atoms with Crippen LogP contribution in [0.3, 0.4) is 0 Å². The molecular formula is C20H24N4O5. The average molecular weight is 400 g/mol. The lowest BCUT2D eigenvalue weighted by Gasteiger charge is -2.12. The molecule has 3 aromatic rings. The standard InChI is InChI=1S/C20H24N4O5/c1-7-24-18-16(19(25)23(3)20(24)26)22(2)15(21-18)9-8-12-10-13(27-4)17(29-6)14(11-12)28-5/h8-11H,7H2,1-6H3/b9-8+. The van der Waals surface area contributed by atoms with Crippen LogP contribution < -0.4 is 25.5 Å². The highest BCUT2D eigenvalue weighted by Gasteiger charge is 2.17. The lowest BCUT2D eigenvalue weighted by molar-refractivity contribution is 0.324. The maximum absolute atomic E-state index is 12.6. The lowest BCUT2D eigenvalue weighted by atomic mass is 10.1. The Morgan fingerprint density at radius 3 is 2.10 bits per heavy atom. The van der Waals surface area contributed by atoms with E-state index in [-0.39, 0.29) is 11.2 Å². The van der Waals surface area contributed by atoms with Crippen LogP contribution in [0.15, 0.2) is 21.7 Å². The van der Waals surface area contributed by atoms with Gasteiger partial charge in [0.1, 0.15) is 5.82 Å². The normalized spacial score (nSPS) is 11.4. The van der Waals surface area contributed by atoms with Gasteiger partial charge in [0.25, 0.3) is 5.56 Å². The number of rotatable bonds is 6. The minimum atomic E-state index is -0.386. The molecule has 0 unspecified atom stereocenters. The van der Waals surface area contributed by atoms with Crippen molar-refractivity contribution in [3.8, 4) is 17.2 Å². The maximum Gasteiger partial charge on any atom is 0.332 e. The molecule has 0 bridgehead atoms. The Hall–Kier alpha value is -3.49.